The summed E-state index contributed by atoms with van der Waals surface area (Å²) in [6.07, 6.45) is 42.7. The maximum Gasteiger partial charge on any atom is 0.508 e. The Labute approximate surface area is 318 Å². The molecule has 0 radical (unpaired) electrons. The summed E-state index contributed by atoms with van der Waals surface area (Å²) in [5.74, 6) is -1.04. The summed E-state index contributed by atoms with van der Waals surface area (Å²) in [6, 6.07) is 0. The minimum Gasteiger partial charge on any atom is -0.465 e. The Balaban J connectivity index is 4.18. The largest absolute Gasteiger partial charge is 0.508 e. The lowest BCUT2D eigenvalue weighted by molar-refractivity contribution is -0.150. The maximum absolute atomic E-state index is 12.4. The van der Waals surface area contributed by atoms with E-state index in [1.165, 1.54) is 51.4 Å². The summed E-state index contributed by atoms with van der Waals surface area (Å²) in [5.41, 5.74) is 0. The zero-order valence-corrected chi connectivity index (χ0v) is 33.6. The van der Waals surface area contributed by atoms with Crippen LogP contribution in [0.4, 0.5) is 4.79 Å². The van der Waals surface area contributed by atoms with Crippen molar-refractivity contribution < 1.29 is 33.3 Å². The van der Waals surface area contributed by atoms with Crippen LogP contribution in [-0.2, 0) is 28.5 Å². The number of carbonyl (C=O) groups is 3. The zero-order valence-electron chi connectivity index (χ0n) is 33.6. The SMILES string of the molecule is CCCCC/C=C\C/C=C\CCCCCCCC(=O)OCC(COC(=O)CCCCCCC/C=C\C/C=C\CCCCC)COC(=O)OCCNC. The van der Waals surface area contributed by atoms with E-state index in [1.54, 1.807) is 7.05 Å². The molecule has 8 heteroatoms. The first-order valence-corrected chi connectivity index (χ1v) is 20.9. The first kappa shape index (κ1) is 49.1. The molecule has 0 heterocycles. The molecular formula is C44H77NO7. The first-order valence-electron chi connectivity index (χ1n) is 20.9. The molecule has 0 fully saturated rings. The minimum atomic E-state index is -0.798. The van der Waals surface area contributed by atoms with Gasteiger partial charge in [-0.2, -0.15) is 0 Å². The van der Waals surface area contributed by atoms with Gasteiger partial charge in [-0.3, -0.25) is 9.59 Å². The lowest BCUT2D eigenvalue weighted by Crippen LogP contribution is -2.27. The van der Waals surface area contributed by atoms with Crippen LogP contribution in [0.2, 0.25) is 0 Å². The first-order chi connectivity index (χ1) is 25.5. The van der Waals surface area contributed by atoms with Crippen LogP contribution in [0.15, 0.2) is 48.6 Å². The molecule has 0 saturated heterocycles. The quantitative estimate of drug-likeness (QED) is 0.0292. The van der Waals surface area contributed by atoms with Crippen molar-refractivity contribution in [2.24, 2.45) is 5.92 Å². The lowest BCUT2D eigenvalue weighted by atomic mass is 10.1. The van der Waals surface area contributed by atoms with Crippen molar-refractivity contribution in [2.45, 2.75) is 168 Å². The molecular weight excluding hydrogens is 654 g/mol. The number of esters is 2. The number of carbonyl (C=O) groups excluding carboxylic acids is 3. The number of likely N-dealkylation sites (N-methyl/N-ethyl adjacent to an activating group) is 1. The molecule has 0 aromatic rings. The second-order valence-electron chi connectivity index (χ2n) is 13.7. The summed E-state index contributed by atoms with van der Waals surface area (Å²) in [7, 11) is 1.76. The standard InChI is InChI=1S/C44H77NO7/c1-4-6-8-10-12-14-16-18-20-22-24-26-28-30-32-34-42(46)50-38-41(40-52-44(48)49-37-36-45-3)39-51-43(47)35-33-31-29-27-25-23-21-19-17-15-13-11-9-7-5-2/h12-15,18-21,41,45H,4-11,16-17,22-40H2,1-3H3/b14-12-,15-13-,20-18-,21-19-. The Morgan fingerprint density at radius 2 is 0.865 bits per heavy atom. The van der Waals surface area contributed by atoms with E-state index in [0.29, 0.717) is 19.4 Å². The summed E-state index contributed by atoms with van der Waals surface area (Å²) in [4.78, 5) is 36.8. The van der Waals surface area contributed by atoms with Gasteiger partial charge in [-0.1, -0.05) is 127 Å². The van der Waals surface area contributed by atoms with Gasteiger partial charge in [-0.15, -0.1) is 0 Å². The fourth-order valence-electron chi connectivity index (χ4n) is 5.34. The molecule has 0 rings (SSSR count). The molecule has 0 amide bonds. The predicted octanol–water partition coefficient (Wildman–Crippen LogP) is 11.7. The number of hydrogen-bond acceptors (Lipinski definition) is 8. The molecule has 0 aromatic carbocycles. The zero-order chi connectivity index (χ0) is 38.0. The van der Waals surface area contributed by atoms with Crippen LogP contribution in [0.3, 0.4) is 0 Å². The number of hydrogen-bond donors (Lipinski definition) is 1. The van der Waals surface area contributed by atoms with E-state index in [-0.39, 0.29) is 38.4 Å². The van der Waals surface area contributed by atoms with E-state index in [9.17, 15) is 14.4 Å². The number of allylic oxidation sites excluding steroid dienone is 8. The van der Waals surface area contributed by atoms with E-state index in [0.717, 1.165) is 89.9 Å². The van der Waals surface area contributed by atoms with Crippen molar-refractivity contribution in [3.8, 4) is 0 Å². The summed E-state index contributed by atoms with van der Waals surface area (Å²) >= 11 is 0. The maximum atomic E-state index is 12.4. The molecule has 0 spiro atoms. The van der Waals surface area contributed by atoms with Gasteiger partial charge in [-0.05, 0) is 84.1 Å². The molecule has 0 aliphatic rings. The van der Waals surface area contributed by atoms with Gasteiger partial charge < -0.3 is 24.3 Å². The normalized spacial score (nSPS) is 11.8. The average molecular weight is 732 g/mol. The average Bonchev–Trinajstić information content (AvgIpc) is 3.14. The number of ether oxygens (including phenoxy) is 4. The van der Waals surface area contributed by atoms with Crippen molar-refractivity contribution in [3.63, 3.8) is 0 Å². The molecule has 0 aliphatic carbocycles. The van der Waals surface area contributed by atoms with Crippen LogP contribution in [0.25, 0.3) is 0 Å². The van der Waals surface area contributed by atoms with E-state index in [2.05, 4.69) is 67.8 Å². The van der Waals surface area contributed by atoms with Crippen LogP contribution in [0.1, 0.15) is 168 Å². The second kappa shape index (κ2) is 40.9. The number of rotatable bonds is 37. The highest BCUT2D eigenvalue weighted by Gasteiger charge is 2.18. The monoisotopic (exact) mass is 732 g/mol. The fraction of sp³-hybridized carbons (Fsp3) is 0.750. The van der Waals surface area contributed by atoms with E-state index < -0.39 is 12.1 Å². The number of unbranched alkanes of at least 4 members (excludes halogenated alkanes) is 16. The van der Waals surface area contributed by atoms with E-state index >= 15 is 0 Å². The summed E-state index contributed by atoms with van der Waals surface area (Å²) < 4.78 is 21.2. The molecule has 300 valence electrons. The van der Waals surface area contributed by atoms with Crippen molar-refractivity contribution in [1.29, 1.82) is 0 Å². The Hall–Kier alpha value is -2.87. The molecule has 0 aliphatic heterocycles. The van der Waals surface area contributed by atoms with Gasteiger partial charge in [0.1, 0.15) is 26.4 Å². The molecule has 0 aromatic heterocycles. The summed E-state index contributed by atoms with van der Waals surface area (Å²) in [6.45, 7) is 5.12. The van der Waals surface area contributed by atoms with Crippen molar-refractivity contribution in [3.05, 3.63) is 48.6 Å². The fourth-order valence-corrected chi connectivity index (χ4v) is 5.34. The highest BCUT2D eigenvalue weighted by molar-refractivity contribution is 5.69. The second-order valence-corrected chi connectivity index (χ2v) is 13.7. The van der Waals surface area contributed by atoms with E-state index in [1.807, 2.05) is 0 Å². The highest BCUT2D eigenvalue weighted by Crippen LogP contribution is 2.12. The predicted molar refractivity (Wildman–Crippen MR) is 215 cm³/mol. The van der Waals surface area contributed by atoms with Gasteiger partial charge in [-0.25, -0.2) is 4.79 Å². The van der Waals surface area contributed by atoms with Crippen LogP contribution < -0.4 is 5.32 Å². The van der Waals surface area contributed by atoms with Crippen LogP contribution >= 0.6 is 0 Å². The third-order valence-electron chi connectivity index (χ3n) is 8.63. The van der Waals surface area contributed by atoms with Crippen LogP contribution in [-0.4, -0.2) is 58.1 Å². The summed E-state index contributed by atoms with van der Waals surface area (Å²) in [5, 5.41) is 2.89. The molecule has 0 unspecified atom stereocenters. The van der Waals surface area contributed by atoms with Crippen molar-refractivity contribution in [1.82, 2.24) is 5.32 Å². The third kappa shape index (κ3) is 38.4. The Morgan fingerprint density at radius 3 is 1.29 bits per heavy atom. The molecule has 0 bridgehead atoms. The van der Waals surface area contributed by atoms with Gasteiger partial charge in [0.15, 0.2) is 0 Å². The van der Waals surface area contributed by atoms with Crippen molar-refractivity contribution >= 4 is 18.1 Å². The topological polar surface area (TPSA) is 100 Å². The molecule has 8 nitrogen and oxygen atoms in total. The molecule has 52 heavy (non-hydrogen) atoms. The molecule has 1 N–H and O–H groups in total. The van der Waals surface area contributed by atoms with E-state index in [4.69, 9.17) is 18.9 Å². The Kier molecular flexibility index (Phi) is 38.6. The highest BCUT2D eigenvalue weighted by atomic mass is 16.7. The molecule has 0 atom stereocenters. The van der Waals surface area contributed by atoms with Crippen LogP contribution in [0.5, 0.6) is 0 Å². The molecule has 0 saturated carbocycles. The van der Waals surface area contributed by atoms with Crippen LogP contribution in [0, 0.1) is 5.92 Å². The Bertz CT molecular complexity index is 881. The number of nitrogens with one attached hydrogen (secondary N) is 1. The van der Waals surface area contributed by atoms with Gasteiger partial charge in [0, 0.05) is 19.4 Å². The smallest absolute Gasteiger partial charge is 0.465 e. The minimum absolute atomic E-state index is 0.0138. The van der Waals surface area contributed by atoms with Gasteiger partial charge in [0.05, 0.1) is 5.92 Å². The van der Waals surface area contributed by atoms with Gasteiger partial charge in [0.25, 0.3) is 0 Å². The van der Waals surface area contributed by atoms with Gasteiger partial charge in [0.2, 0.25) is 0 Å². The third-order valence-corrected chi connectivity index (χ3v) is 8.63. The van der Waals surface area contributed by atoms with Crippen molar-refractivity contribution in [2.75, 3.05) is 40.0 Å². The van der Waals surface area contributed by atoms with Gasteiger partial charge >= 0.3 is 18.1 Å². The Morgan fingerprint density at radius 1 is 0.481 bits per heavy atom. The lowest BCUT2D eigenvalue weighted by Gasteiger charge is -2.17.